The van der Waals surface area contributed by atoms with Crippen LogP contribution in [0.1, 0.15) is 25.7 Å². The van der Waals surface area contributed by atoms with Crippen molar-refractivity contribution in [2.45, 2.75) is 31.2 Å². The molecule has 1 aliphatic carbocycles. The minimum atomic E-state index is -0.934. The van der Waals surface area contributed by atoms with Gasteiger partial charge in [-0.2, -0.15) is 0 Å². The van der Waals surface area contributed by atoms with Crippen LogP contribution in [0.5, 0.6) is 0 Å². The van der Waals surface area contributed by atoms with E-state index in [2.05, 4.69) is 15.3 Å². The number of hydrogen-bond acceptors (Lipinski definition) is 3. The van der Waals surface area contributed by atoms with E-state index in [1.807, 2.05) is 0 Å². The monoisotopic (exact) mass is 356 g/mol. The number of anilines is 1. The normalized spacial score (nSPS) is 16.1. The van der Waals surface area contributed by atoms with Gasteiger partial charge in [0.05, 0.1) is 16.6 Å². The highest BCUT2D eigenvalue weighted by atomic mass is 19.2. The zero-order chi connectivity index (χ0) is 18.3. The molecule has 1 heterocycles. The first-order valence-electron chi connectivity index (χ1n) is 8.50. The average molecular weight is 356 g/mol. The predicted molar refractivity (Wildman–Crippen MR) is 95.5 cm³/mol. The molecule has 0 bridgehead atoms. The first-order chi connectivity index (χ1) is 12.4. The Hall–Kier alpha value is -2.80. The van der Waals surface area contributed by atoms with E-state index in [1.165, 1.54) is 0 Å². The fourth-order valence-electron chi connectivity index (χ4n) is 3.34. The van der Waals surface area contributed by atoms with E-state index in [9.17, 15) is 13.6 Å². The molecule has 2 aromatic carbocycles. The molecule has 5 nitrogen and oxygen atoms in total. The number of nitrogens with one attached hydrogen (secondary N) is 2. The Balaban J connectivity index is 1.55. The highest BCUT2D eigenvalue weighted by molar-refractivity contribution is 5.98. The maximum absolute atomic E-state index is 13.3. The van der Waals surface area contributed by atoms with Crippen molar-refractivity contribution in [3.63, 3.8) is 0 Å². The Kier molecular flexibility index (Phi) is 3.96. The van der Waals surface area contributed by atoms with Gasteiger partial charge in [0.2, 0.25) is 5.91 Å². The van der Waals surface area contributed by atoms with E-state index < -0.39 is 17.2 Å². The van der Waals surface area contributed by atoms with Gasteiger partial charge in [-0.3, -0.25) is 4.79 Å². The largest absolute Gasteiger partial charge is 0.338 e. The fourth-order valence-corrected chi connectivity index (χ4v) is 3.34. The van der Waals surface area contributed by atoms with Gasteiger partial charge in [0.25, 0.3) is 0 Å². The molecule has 0 aliphatic heterocycles. The number of carbonyl (C=O) groups is 1. The summed E-state index contributed by atoms with van der Waals surface area (Å²) in [4.78, 5) is 19.6. The third-order valence-electron chi connectivity index (χ3n) is 4.89. The van der Waals surface area contributed by atoms with Crippen molar-refractivity contribution in [1.29, 1.82) is 0 Å². The quantitative estimate of drug-likeness (QED) is 0.669. The molecule has 0 saturated heterocycles. The molecule has 26 heavy (non-hydrogen) atoms. The minimum absolute atomic E-state index is 0.169. The summed E-state index contributed by atoms with van der Waals surface area (Å²) in [7, 11) is 0. The standard InChI is InChI=1S/C19H18F2N4O/c20-13-9-15-16(10-14(13)21)25-17(24-15)11-3-5-12(6-4-11)23-18(26)19(22)7-1-2-8-19/h3-6,9-10H,1-2,7-8,22H2,(H,23,26)(H,24,25). The van der Waals surface area contributed by atoms with Crippen LogP contribution in [-0.2, 0) is 4.79 Å². The lowest BCUT2D eigenvalue weighted by molar-refractivity contribution is -0.121. The molecule has 0 radical (unpaired) electrons. The van der Waals surface area contributed by atoms with Crippen LogP contribution in [0.25, 0.3) is 22.4 Å². The Morgan fingerprint density at radius 1 is 1.12 bits per heavy atom. The summed E-state index contributed by atoms with van der Waals surface area (Å²) in [5, 5.41) is 2.85. The summed E-state index contributed by atoms with van der Waals surface area (Å²) in [6.45, 7) is 0. The number of fused-ring (bicyclic) bond motifs is 1. The minimum Gasteiger partial charge on any atom is -0.338 e. The van der Waals surface area contributed by atoms with Crippen LogP contribution in [-0.4, -0.2) is 21.4 Å². The molecule has 0 atom stereocenters. The van der Waals surface area contributed by atoms with E-state index in [0.717, 1.165) is 30.5 Å². The number of halogens is 2. The molecule has 134 valence electrons. The first-order valence-corrected chi connectivity index (χ1v) is 8.50. The van der Waals surface area contributed by atoms with Crippen molar-refractivity contribution < 1.29 is 13.6 Å². The molecular weight excluding hydrogens is 338 g/mol. The Morgan fingerprint density at radius 2 is 1.77 bits per heavy atom. The number of benzene rings is 2. The number of aromatic nitrogens is 2. The zero-order valence-corrected chi connectivity index (χ0v) is 14.0. The molecule has 1 aliphatic rings. The molecule has 1 aromatic heterocycles. The maximum atomic E-state index is 13.3. The van der Waals surface area contributed by atoms with Gasteiger partial charge >= 0.3 is 0 Å². The summed E-state index contributed by atoms with van der Waals surface area (Å²) in [5.74, 6) is -1.53. The highest BCUT2D eigenvalue weighted by Crippen LogP contribution is 2.29. The molecule has 7 heteroatoms. The molecule has 3 aromatic rings. The molecule has 1 fully saturated rings. The van der Waals surface area contributed by atoms with Crippen LogP contribution in [0.15, 0.2) is 36.4 Å². The second-order valence-corrected chi connectivity index (χ2v) is 6.76. The second kappa shape index (κ2) is 6.17. The van der Waals surface area contributed by atoms with Gasteiger partial charge < -0.3 is 16.0 Å². The number of nitrogens with two attached hydrogens (primary N) is 1. The van der Waals surface area contributed by atoms with Crippen molar-refractivity contribution in [2.24, 2.45) is 5.73 Å². The molecule has 4 N–H and O–H groups in total. The Bertz CT molecular complexity index is 936. The van der Waals surface area contributed by atoms with Gasteiger partial charge in [-0.05, 0) is 37.1 Å². The summed E-state index contributed by atoms with van der Waals surface area (Å²) < 4.78 is 26.6. The summed E-state index contributed by atoms with van der Waals surface area (Å²) in [5.41, 5.74) is 7.51. The van der Waals surface area contributed by atoms with Gasteiger partial charge in [-0.25, -0.2) is 13.8 Å². The van der Waals surface area contributed by atoms with Gasteiger partial charge in [-0.15, -0.1) is 0 Å². The topological polar surface area (TPSA) is 83.8 Å². The van der Waals surface area contributed by atoms with Crippen molar-refractivity contribution in [2.75, 3.05) is 5.32 Å². The Labute approximate surface area is 148 Å². The van der Waals surface area contributed by atoms with Gasteiger partial charge in [0, 0.05) is 23.4 Å². The number of amides is 1. The number of aromatic amines is 1. The first kappa shape index (κ1) is 16.7. The van der Waals surface area contributed by atoms with Crippen molar-refractivity contribution in [3.8, 4) is 11.4 Å². The van der Waals surface area contributed by atoms with Crippen molar-refractivity contribution in [1.82, 2.24) is 9.97 Å². The number of hydrogen-bond donors (Lipinski definition) is 3. The van der Waals surface area contributed by atoms with Crippen LogP contribution >= 0.6 is 0 Å². The van der Waals surface area contributed by atoms with E-state index in [1.54, 1.807) is 24.3 Å². The maximum Gasteiger partial charge on any atom is 0.244 e. The number of nitrogens with zero attached hydrogens (tertiary/aromatic N) is 1. The molecule has 0 spiro atoms. The fraction of sp³-hybridized carbons (Fsp3) is 0.263. The van der Waals surface area contributed by atoms with Crippen LogP contribution < -0.4 is 11.1 Å². The molecular formula is C19H18F2N4O. The lowest BCUT2D eigenvalue weighted by Crippen LogP contribution is -2.48. The molecule has 1 amide bonds. The number of rotatable bonds is 3. The zero-order valence-electron chi connectivity index (χ0n) is 14.0. The summed E-state index contributed by atoms with van der Waals surface area (Å²) >= 11 is 0. The van der Waals surface area contributed by atoms with Crippen molar-refractivity contribution >= 4 is 22.6 Å². The number of carbonyl (C=O) groups excluding carboxylic acids is 1. The number of H-pyrrole nitrogens is 1. The lowest BCUT2D eigenvalue weighted by atomic mass is 9.98. The third kappa shape index (κ3) is 2.94. The second-order valence-electron chi connectivity index (χ2n) is 6.76. The van der Waals surface area contributed by atoms with Gasteiger partial charge in [0.1, 0.15) is 5.82 Å². The molecule has 1 saturated carbocycles. The van der Waals surface area contributed by atoms with Gasteiger partial charge in [0.15, 0.2) is 11.6 Å². The average Bonchev–Trinajstić information content (AvgIpc) is 3.23. The predicted octanol–water partition coefficient (Wildman–Crippen LogP) is 3.72. The van der Waals surface area contributed by atoms with Crippen LogP contribution in [0, 0.1) is 11.6 Å². The Morgan fingerprint density at radius 3 is 2.46 bits per heavy atom. The van der Waals surface area contributed by atoms with E-state index in [4.69, 9.17) is 5.73 Å². The third-order valence-corrected chi connectivity index (χ3v) is 4.89. The van der Waals surface area contributed by atoms with Crippen LogP contribution in [0.3, 0.4) is 0 Å². The smallest absolute Gasteiger partial charge is 0.244 e. The SMILES string of the molecule is NC1(C(=O)Nc2ccc(-c3nc4cc(F)c(F)cc4[nH]3)cc2)CCCC1. The van der Waals surface area contributed by atoms with Crippen LogP contribution in [0.2, 0.25) is 0 Å². The number of imidazole rings is 1. The van der Waals surface area contributed by atoms with Crippen molar-refractivity contribution in [3.05, 3.63) is 48.0 Å². The van der Waals surface area contributed by atoms with Crippen LogP contribution in [0.4, 0.5) is 14.5 Å². The van der Waals surface area contributed by atoms with E-state index >= 15 is 0 Å². The molecule has 0 unspecified atom stereocenters. The summed E-state index contributed by atoms with van der Waals surface area (Å²) in [6.07, 6.45) is 3.33. The highest BCUT2D eigenvalue weighted by Gasteiger charge is 2.36. The van der Waals surface area contributed by atoms with Gasteiger partial charge in [-0.1, -0.05) is 12.8 Å². The lowest BCUT2D eigenvalue weighted by Gasteiger charge is -2.22. The molecule has 4 rings (SSSR count). The van der Waals surface area contributed by atoms with E-state index in [0.29, 0.717) is 35.4 Å². The summed E-state index contributed by atoms with van der Waals surface area (Å²) in [6, 6.07) is 9.19. The van der Waals surface area contributed by atoms with E-state index in [-0.39, 0.29) is 5.91 Å².